The Balaban J connectivity index is 1.50. The summed E-state index contributed by atoms with van der Waals surface area (Å²) < 4.78 is 31.2. The first-order valence-electron chi connectivity index (χ1n) is 15.6. The van der Waals surface area contributed by atoms with Crippen LogP contribution in [0.1, 0.15) is 35.2 Å². The number of carbonyl (C=O) groups excluding carboxylic acids is 1. The molecule has 0 spiro atoms. The lowest BCUT2D eigenvalue weighted by atomic mass is 9.93. The van der Waals surface area contributed by atoms with Gasteiger partial charge in [-0.3, -0.25) is 9.36 Å². The molecule has 5 aromatic rings. The molecule has 6 rings (SSSR count). The van der Waals surface area contributed by atoms with Crippen LogP contribution in [0, 0.1) is 3.57 Å². The molecule has 0 unspecified atom stereocenters. The molecule has 1 atom stereocenters. The fraction of sp³-hybridized carbons (Fsp3) is 0.184. The molecule has 0 N–H and O–H groups in total. The molecule has 0 radical (unpaired) electrons. The van der Waals surface area contributed by atoms with Gasteiger partial charge in [-0.2, -0.15) is 0 Å². The summed E-state index contributed by atoms with van der Waals surface area (Å²) in [6.07, 6.45) is 1.78. The summed E-state index contributed by atoms with van der Waals surface area (Å²) in [5.74, 6) is 1.40. The van der Waals surface area contributed by atoms with Crippen LogP contribution in [0.25, 0.3) is 11.8 Å². The highest BCUT2D eigenvalue weighted by molar-refractivity contribution is 14.1. The molecule has 13 heteroatoms. The molecule has 1 aliphatic rings. The van der Waals surface area contributed by atoms with Gasteiger partial charge in [0, 0.05) is 5.56 Å². The Morgan fingerprint density at radius 1 is 0.922 bits per heavy atom. The van der Waals surface area contributed by atoms with Gasteiger partial charge in [0.2, 0.25) is 0 Å². The lowest BCUT2D eigenvalue weighted by molar-refractivity contribution is -0.138. The molecule has 1 aliphatic heterocycles. The Kier molecular flexibility index (Phi) is 11.4. The van der Waals surface area contributed by atoms with Crippen LogP contribution < -0.4 is 33.8 Å². The quantitative estimate of drug-likeness (QED) is 0.101. The first-order chi connectivity index (χ1) is 24.7. The van der Waals surface area contributed by atoms with Crippen LogP contribution in [-0.4, -0.2) is 38.5 Å². The number of methoxy groups -OCH3 is 3. The van der Waals surface area contributed by atoms with Crippen LogP contribution in [0.15, 0.2) is 94.2 Å². The van der Waals surface area contributed by atoms with Crippen molar-refractivity contribution in [3.05, 3.63) is 140 Å². The van der Waals surface area contributed by atoms with Gasteiger partial charge in [-0.15, -0.1) is 0 Å². The summed E-state index contributed by atoms with van der Waals surface area (Å²) in [6, 6.07) is 22.8. The smallest absolute Gasteiger partial charge is 0.338 e. The van der Waals surface area contributed by atoms with Gasteiger partial charge >= 0.3 is 5.97 Å². The number of carbonyl (C=O) groups is 1. The Hall–Kier alpha value is -4.30. The summed E-state index contributed by atoms with van der Waals surface area (Å²) in [7, 11) is 4.63. The van der Waals surface area contributed by atoms with E-state index in [9.17, 15) is 9.59 Å². The minimum Gasteiger partial charge on any atom is -0.493 e. The van der Waals surface area contributed by atoms with Crippen molar-refractivity contribution < 1.29 is 28.5 Å². The van der Waals surface area contributed by atoms with Crippen molar-refractivity contribution in [1.29, 1.82) is 0 Å². The van der Waals surface area contributed by atoms with Crippen molar-refractivity contribution >= 4 is 74.9 Å². The van der Waals surface area contributed by atoms with Crippen LogP contribution in [0.2, 0.25) is 10.0 Å². The van der Waals surface area contributed by atoms with Gasteiger partial charge in [-0.25, -0.2) is 9.79 Å². The van der Waals surface area contributed by atoms with E-state index >= 15 is 0 Å². The second-order valence-electron chi connectivity index (χ2n) is 11.1. The average molecular weight is 858 g/mol. The first-order valence-corrected chi connectivity index (χ1v) is 18.3. The van der Waals surface area contributed by atoms with Gasteiger partial charge in [-0.05, 0) is 88.7 Å². The van der Waals surface area contributed by atoms with Crippen molar-refractivity contribution in [2.75, 3.05) is 27.9 Å². The number of halogens is 3. The maximum absolute atomic E-state index is 14.4. The van der Waals surface area contributed by atoms with Gasteiger partial charge in [0.25, 0.3) is 5.56 Å². The summed E-state index contributed by atoms with van der Waals surface area (Å²) in [6.45, 7) is 2.12. The zero-order valence-corrected chi connectivity index (χ0v) is 32.4. The summed E-state index contributed by atoms with van der Waals surface area (Å²) in [5.41, 5.74) is 3.19. The average Bonchev–Trinajstić information content (AvgIpc) is 3.45. The third-order valence-corrected chi connectivity index (χ3v) is 10.5. The van der Waals surface area contributed by atoms with Crippen molar-refractivity contribution in [2.24, 2.45) is 4.99 Å². The monoisotopic (exact) mass is 856 g/mol. The first kappa shape index (κ1) is 36.5. The topological polar surface area (TPSA) is 97.6 Å². The molecule has 0 saturated heterocycles. The second-order valence-corrected chi connectivity index (χ2v) is 14.1. The van der Waals surface area contributed by atoms with Gasteiger partial charge in [0.15, 0.2) is 27.8 Å². The maximum Gasteiger partial charge on any atom is 0.338 e. The molecule has 262 valence electrons. The molecule has 4 aromatic carbocycles. The molecule has 1 aromatic heterocycles. The number of hydrogen-bond acceptors (Lipinski definition) is 9. The van der Waals surface area contributed by atoms with E-state index in [1.807, 2.05) is 42.5 Å². The number of thiazole rings is 1. The normalized spacial score (nSPS) is 14.1. The van der Waals surface area contributed by atoms with Crippen molar-refractivity contribution in [2.45, 2.75) is 19.6 Å². The molecule has 9 nitrogen and oxygen atoms in total. The molecular weight excluding hydrogens is 826 g/mol. The maximum atomic E-state index is 14.4. The van der Waals surface area contributed by atoms with Gasteiger partial charge < -0.3 is 23.7 Å². The molecule has 0 aliphatic carbocycles. The van der Waals surface area contributed by atoms with E-state index in [0.717, 1.165) is 9.13 Å². The molecule has 51 heavy (non-hydrogen) atoms. The number of benzene rings is 4. The number of esters is 1. The zero-order valence-electron chi connectivity index (χ0n) is 27.9. The van der Waals surface area contributed by atoms with E-state index in [0.29, 0.717) is 64.8 Å². The summed E-state index contributed by atoms with van der Waals surface area (Å²) in [4.78, 5) is 33.6. The molecule has 0 saturated carbocycles. The fourth-order valence-electron chi connectivity index (χ4n) is 5.68. The van der Waals surface area contributed by atoms with E-state index in [1.165, 1.54) is 23.0 Å². The third kappa shape index (κ3) is 7.52. The highest BCUT2D eigenvalue weighted by Crippen LogP contribution is 2.39. The van der Waals surface area contributed by atoms with Crippen molar-refractivity contribution in [1.82, 2.24) is 4.57 Å². The number of fused-ring (bicyclic) bond motifs is 1. The highest BCUT2D eigenvalue weighted by Gasteiger charge is 2.35. The number of ether oxygens (including phenoxy) is 5. The van der Waals surface area contributed by atoms with Crippen LogP contribution in [0.5, 0.6) is 23.0 Å². The Bertz CT molecular complexity index is 2340. The molecule has 2 heterocycles. The SMILES string of the molecule is CCOC(=O)C1=C(c2ccccc2)N=c2s/c(=C\c3cc(I)c(OCc4ccc(Cl)c(Cl)c4)c(OC)c3)c(=O)n2[C@@H]1c1ccc(OC)c(OC)c1. The minimum absolute atomic E-state index is 0.140. The van der Waals surface area contributed by atoms with Crippen LogP contribution in [0.4, 0.5) is 0 Å². The van der Waals surface area contributed by atoms with Gasteiger partial charge in [0.1, 0.15) is 6.61 Å². The fourth-order valence-corrected chi connectivity index (χ4v) is 7.78. The summed E-state index contributed by atoms with van der Waals surface area (Å²) in [5, 5.41) is 0.903. The number of nitrogens with zero attached hydrogens (tertiary/aromatic N) is 2. The van der Waals surface area contributed by atoms with E-state index in [-0.39, 0.29) is 24.3 Å². The highest BCUT2D eigenvalue weighted by atomic mass is 127. The standard InChI is InChI=1S/C38H31Cl2IN2O7S/c1-5-49-37(45)32-33(23-9-7-6-8-10-23)42-38-43(34(32)24-12-14-28(46-2)29(19-24)47-3)36(44)31(51-38)18-22-16-27(41)35(30(17-22)48-4)50-20-21-11-13-25(39)26(40)15-21/h6-19,34H,5,20H2,1-4H3/b31-18-/t34-/m1/s1. The van der Waals surface area contributed by atoms with Gasteiger partial charge in [0.05, 0.1) is 63.4 Å². The van der Waals surface area contributed by atoms with Crippen molar-refractivity contribution in [3.8, 4) is 23.0 Å². The predicted octanol–water partition coefficient (Wildman–Crippen LogP) is 7.45. The molecule has 0 fully saturated rings. The van der Waals surface area contributed by atoms with E-state index < -0.39 is 12.0 Å². The van der Waals surface area contributed by atoms with E-state index in [4.69, 9.17) is 51.9 Å². The second kappa shape index (κ2) is 15.9. The Morgan fingerprint density at radius 3 is 2.35 bits per heavy atom. The lowest BCUT2D eigenvalue weighted by Crippen LogP contribution is -2.40. The minimum atomic E-state index is -0.885. The third-order valence-electron chi connectivity index (χ3n) is 8.01. The van der Waals surface area contributed by atoms with Gasteiger partial charge in [-0.1, -0.05) is 77.0 Å². The van der Waals surface area contributed by atoms with Crippen molar-refractivity contribution in [3.63, 3.8) is 0 Å². The summed E-state index contributed by atoms with van der Waals surface area (Å²) >= 11 is 15.7. The largest absolute Gasteiger partial charge is 0.493 e. The van der Waals surface area contributed by atoms with Crippen LogP contribution in [0.3, 0.4) is 0 Å². The number of aromatic nitrogens is 1. The Morgan fingerprint density at radius 2 is 1.67 bits per heavy atom. The predicted molar refractivity (Wildman–Crippen MR) is 207 cm³/mol. The van der Waals surface area contributed by atoms with E-state index in [2.05, 4.69) is 22.6 Å². The number of hydrogen-bond donors (Lipinski definition) is 0. The Labute approximate surface area is 321 Å². The number of rotatable bonds is 11. The lowest BCUT2D eigenvalue weighted by Gasteiger charge is -2.26. The van der Waals surface area contributed by atoms with Crippen LogP contribution >= 0.6 is 57.1 Å². The molecular formula is C38H31Cl2IN2O7S. The molecule has 0 amide bonds. The van der Waals surface area contributed by atoms with E-state index in [1.54, 1.807) is 63.6 Å². The molecule has 0 bridgehead atoms. The zero-order chi connectivity index (χ0) is 36.2. The van der Waals surface area contributed by atoms with Crippen LogP contribution in [-0.2, 0) is 16.1 Å².